The maximum absolute atomic E-state index is 13.4. The zero-order chi connectivity index (χ0) is 25.4. The molecule has 0 saturated carbocycles. The number of fused-ring (bicyclic) bond motifs is 2. The fourth-order valence-corrected chi connectivity index (χ4v) is 4.67. The van der Waals surface area contributed by atoms with E-state index in [4.69, 9.17) is 4.74 Å². The molecule has 9 heteroatoms. The number of nitrogens with zero attached hydrogens (tertiary/aromatic N) is 4. The average Bonchev–Trinajstić information content (AvgIpc) is 3.14. The first-order valence-electron chi connectivity index (χ1n) is 11.8. The Hall–Kier alpha value is -4.40. The van der Waals surface area contributed by atoms with Gasteiger partial charge in [0.1, 0.15) is 30.7 Å². The minimum atomic E-state index is -0.425. The van der Waals surface area contributed by atoms with Gasteiger partial charge in [-0.1, -0.05) is 36.4 Å². The lowest BCUT2D eigenvalue weighted by molar-refractivity contribution is -0.119. The van der Waals surface area contributed by atoms with Gasteiger partial charge in [0.15, 0.2) is 0 Å². The third kappa shape index (κ3) is 4.13. The van der Waals surface area contributed by atoms with Gasteiger partial charge in [0, 0.05) is 12.2 Å². The van der Waals surface area contributed by atoms with Crippen molar-refractivity contribution in [2.24, 2.45) is 0 Å². The summed E-state index contributed by atoms with van der Waals surface area (Å²) in [5, 5.41) is 7.17. The summed E-state index contributed by atoms with van der Waals surface area (Å²) in [7, 11) is 0. The Morgan fingerprint density at radius 2 is 1.86 bits per heavy atom. The lowest BCUT2D eigenvalue weighted by atomic mass is 10.1. The number of hydrogen-bond donors (Lipinski definition) is 1. The van der Waals surface area contributed by atoms with Gasteiger partial charge in [0.05, 0.1) is 17.8 Å². The van der Waals surface area contributed by atoms with Crippen molar-refractivity contribution in [3.05, 3.63) is 93.2 Å². The topological polar surface area (TPSA) is 97.9 Å². The molecular formula is C27H27N5O4. The van der Waals surface area contributed by atoms with Crippen LogP contribution in [-0.2, 0) is 17.9 Å². The second-order valence-electron chi connectivity index (χ2n) is 8.93. The Balaban J connectivity index is 1.43. The zero-order valence-electron chi connectivity index (χ0n) is 20.4. The van der Waals surface area contributed by atoms with Crippen molar-refractivity contribution in [3.63, 3.8) is 0 Å². The van der Waals surface area contributed by atoms with E-state index in [1.165, 1.54) is 6.33 Å². The van der Waals surface area contributed by atoms with Crippen LogP contribution in [0.4, 0.5) is 5.69 Å². The standard InChI is InChI=1S/C27H27N5O4/c1-17-9-10-22-21(13-17)30(11-12-36-22)23(33)15-32-27(35)25-18(2)24(19(3)31(25)16-29-32)26(34)28-14-20-7-5-4-6-8-20/h4-10,13,16H,11-12,14-15H2,1-3H3,(H,28,34). The summed E-state index contributed by atoms with van der Waals surface area (Å²) in [6.07, 6.45) is 1.48. The molecule has 1 aliphatic heterocycles. The number of amides is 2. The predicted molar refractivity (Wildman–Crippen MR) is 136 cm³/mol. The molecule has 1 N–H and O–H groups in total. The van der Waals surface area contributed by atoms with Crippen LogP contribution in [0, 0.1) is 20.8 Å². The van der Waals surface area contributed by atoms with Crippen molar-refractivity contribution in [2.45, 2.75) is 33.9 Å². The van der Waals surface area contributed by atoms with E-state index in [2.05, 4.69) is 10.4 Å². The number of aryl methyl sites for hydroxylation is 3. The number of hydrogen-bond acceptors (Lipinski definition) is 5. The first-order valence-corrected chi connectivity index (χ1v) is 11.8. The van der Waals surface area contributed by atoms with Crippen molar-refractivity contribution in [1.29, 1.82) is 0 Å². The van der Waals surface area contributed by atoms with Gasteiger partial charge in [-0.25, -0.2) is 4.68 Å². The fraction of sp³-hybridized carbons (Fsp3) is 0.259. The van der Waals surface area contributed by atoms with Crippen LogP contribution in [-0.4, -0.2) is 39.1 Å². The lowest BCUT2D eigenvalue weighted by Crippen LogP contribution is -2.42. The smallest absolute Gasteiger partial charge is 0.291 e. The summed E-state index contributed by atoms with van der Waals surface area (Å²) in [5.41, 5.74) is 4.19. The number of aromatic nitrogens is 3. The van der Waals surface area contributed by atoms with Crippen molar-refractivity contribution in [1.82, 2.24) is 19.5 Å². The van der Waals surface area contributed by atoms with Gasteiger partial charge in [-0.3, -0.25) is 18.8 Å². The van der Waals surface area contributed by atoms with Crippen LogP contribution in [0.25, 0.3) is 5.52 Å². The molecule has 9 nitrogen and oxygen atoms in total. The molecular weight excluding hydrogens is 458 g/mol. The van der Waals surface area contributed by atoms with Crippen LogP contribution in [0.2, 0.25) is 0 Å². The Morgan fingerprint density at radius 1 is 1.08 bits per heavy atom. The second-order valence-corrected chi connectivity index (χ2v) is 8.93. The van der Waals surface area contributed by atoms with Crippen LogP contribution in [0.5, 0.6) is 5.75 Å². The van der Waals surface area contributed by atoms with Crippen LogP contribution in [0.1, 0.15) is 32.7 Å². The van der Waals surface area contributed by atoms with Gasteiger partial charge in [0.25, 0.3) is 11.5 Å². The van der Waals surface area contributed by atoms with Crippen LogP contribution in [0.3, 0.4) is 0 Å². The van der Waals surface area contributed by atoms with E-state index in [1.807, 2.05) is 55.5 Å². The Morgan fingerprint density at radius 3 is 2.64 bits per heavy atom. The summed E-state index contributed by atoms with van der Waals surface area (Å²) in [4.78, 5) is 41.3. The summed E-state index contributed by atoms with van der Waals surface area (Å²) in [6.45, 7) is 6.39. The maximum Gasteiger partial charge on any atom is 0.291 e. The summed E-state index contributed by atoms with van der Waals surface area (Å²) < 4.78 is 8.44. The molecule has 0 spiro atoms. The molecule has 2 amide bonds. The van der Waals surface area contributed by atoms with Crippen molar-refractivity contribution in [2.75, 3.05) is 18.1 Å². The normalized spacial score (nSPS) is 12.8. The van der Waals surface area contributed by atoms with Gasteiger partial charge < -0.3 is 15.0 Å². The van der Waals surface area contributed by atoms with E-state index in [-0.39, 0.29) is 18.4 Å². The molecule has 1 aliphatic rings. The molecule has 2 aromatic heterocycles. The predicted octanol–water partition coefficient (Wildman–Crippen LogP) is 2.78. The average molecular weight is 486 g/mol. The van der Waals surface area contributed by atoms with Crippen LogP contribution < -0.4 is 20.5 Å². The van der Waals surface area contributed by atoms with Gasteiger partial charge >= 0.3 is 0 Å². The molecule has 0 aliphatic carbocycles. The van der Waals surface area contributed by atoms with Crippen molar-refractivity contribution in [3.8, 4) is 5.75 Å². The molecule has 4 aromatic rings. The number of rotatable bonds is 5. The summed E-state index contributed by atoms with van der Waals surface area (Å²) >= 11 is 0. The van der Waals surface area contributed by atoms with Gasteiger partial charge in [0.2, 0.25) is 5.91 Å². The molecule has 184 valence electrons. The number of carbonyl (C=O) groups excluding carboxylic acids is 2. The minimum Gasteiger partial charge on any atom is -0.490 e. The minimum absolute atomic E-state index is 0.220. The van der Waals surface area contributed by atoms with Gasteiger partial charge in [-0.2, -0.15) is 5.10 Å². The third-order valence-corrected chi connectivity index (χ3v) is 6.52. The highest BCUT2D eigenvalue weighted by Crippen LogP contribution is 2.32. The Labute approximate surface area is 207 Å². The zero-order valence-corrected chi connectivity index (χ0v) is 20.4. The summed E-state index contributed by atoms with van der Waals surface area (Å²) in [5.74, 6) is 0.117. The van der Waals surface area contributed by atoms with Crippen molar-refractivity contribution < 1.29 is 14.3 Å². The molecule has 0 radical (unpaired) electrons. The molecule has 0 atom stereocenters. The van der Waals surface area contributed by atoms with Crippen LogP contribution in [0.15, 0.2) is 59.7 Å². The highest BCUT2D eigenvalue weighted by atomic mass is 16.5. The largest absolute Gasteiger partial charge is 0.490 e. The molecule has 0 bridgehead atoms. The molecule has 5 rings (SSSR count). The van der Waals surface area contributed by atoms with E-state index in [9.17, 15) is 14.4 Å². The first-order chi connectivity index (χ1) is 17.3. The summed E-state index contributed by atoms with van der Waals surface area (Å²) in [6, 6.07) is 15.3. The third-order valence-electron chi connectivity index (χ3n) is 6.52. The SMILES string of the molecule is Cc1ccc2c(c1)N(C(=O)Cn1ncn3c(C)c(C(=O)NCc4ccccc4)c(C)c3c1=O)CCO2. The number of carbonyl (C=O) groups is 2. The number of nitrogens with one attached hydrogen (secondary N) is 1. The van der Waals surface area contributed by atoms with E-state index in [0.29, 0.717) is 53.5 Å². The van der Waals surface area contributed by atoms with E-state index >= 15 is 0 Å². The molecule has 0 saturated heterocycles. The number of benzene rings is 2. The Kier molecular flexibility index (Phi) is 6.05. The maximum atomic E-state index is 13.4. The number of ether oxygens (including phenoxy) is 1. The quantitative estimate of drug-likeness (QED) is 0.469. The Bertz CT molecular complexity index is 1540. The second kappa shape index (κ2) is 9.33. The molecule has 36 heavy (non-hydrogen) atoms. The monoisotopic (exact) mass is 485 g/mol. The van der Waals surface area contributed by atoms with Crippen LogP contribution >= 0.6 is 0 Å². The molecule has 0 fully saturated rings. The highest BCUT2D eigenvalue weighted by molar-refractivity contribution is 5.99. The fourth-order valence-electron chi connectivity index (χ4n) is 4.67. The lowest BCUT2D eigenvalue weighted by Gasteiger charge is -2.29. The van der Waals surface area contributed by atoms with E-state index in [0.717, 1.165) is 15.8 Å². The first kappa shape index (κ1) is 23.3. The molecule has 0 unspecified atom stereocenters. The molecule has 2 aromatic carbocycles. The van der Waals surface area contributed by atoms with Gasteiger partial charge in [-0.05, 0) is 49.6 Å². The van der Waals surface area contributed by atoms with E-state index in [1.54, 1.807) is 23.1 Å². The highest BCUT2D eigenvalue weighted by Gasteiger charge is 2.26. The van der Waals surface area contributed by atoms with E-state index < -0.39 is 5.56 Å². The van der Waals surface area contributed by atoms with Crippen molar-refractivity contribution >= 4 is 23.0 Å². The van der Waals surface area contributed by atoms with Gasteiger partial charge in [-0.15, -0.1) is 0 Å². The molecule has 3 heterocycles. The number of anilines is 1.